The minimum absolute atomic E-state index is 0.130. The maximum atomic E-state index is 14.2. The minimum atomic E-state index is -0.705. The molecule has 1 unspecified atom stereocenters. The molecule has 2 aromatic carbocycles. The molecule has 27 heavy (non-hydrogen) atoms. The van der Waals surface area contributed by atoms with E-state index in [4.69, 9.17) is 4.74 Å². The third-order valence-corrected chi connectivity index (χ3v) is 4.56. The SMILES string of the molecule is CC1N=C(OCc2ccc(F)cc2F)C(Br)=CN1c1cc(CO)ccc1F. The van der Waals surface area contributed by atoms with Gasteiger partial charge in [0, 0.05) is 17.8 Å². The number of nitrogens with zero attached hydrogens (tertiary/aromatic N) is 2. The highest BCUT2D eigenvalue weighted by atomic mass is 79.9. The van der Waals surface area contributed by atoms with E-state index in [1.54, 1.807) is 18.0 Å². The molecule has 3 rings (SSSR count). The van der Waals surface area contributed by atoms with E-state index in [2.05, 4.69) is 20.9 Å². The van der Waals surface area contributed by atoms with Crippen LogP contribution in [0.25, 0.3) is 0 Å². The lowest BCUT2D eigenvalue weighted by Gasteiger charge is -2.30. The summed E-state index contributed by atoms with van der Waals surface area (Å²) in [5.74, 6) is -1.60. The van der Waals surface area contributed by atoms with Crippen LogP contribution in [0.5, 0.6) is 0 Å². The molecule has 2 aromatic rings. The van der Waals surface area contributed by atoms with Crippen molar-refractivity contribution in [2.75, 3.05) is 4.90 Å². The Hall–Kier alpha value is -2.32. The smallest absolute Gasteiger partial charge is 0.227 e. The summed E-state index contributed by atoms with van der Waals surface area (Å²) in [5, 5.41) is 9.26. The van der Waals surface area contributed by atoms with Crippen LogP contribution in [0.15, 0.2) is 52.1 Å². The largest absolute Gasteiger partial charge is 0.472 e. The fraction of sp³-hybridized carbons (Fsp3) is 0.211. The van der Waals surface area contributed by atoms with Crippen LogP contribution in [0.2, 0.25) is 0 Å². The average Bonchev–Trinajstić information content (AvgIpc) is 2.64. The number of ether oxygens (including phenoxy) is 1. The van der Waals surface area contributed by atoms with Crippen LogP contribution in [0.4, 0.5) is 18.9 Å². The van der Waals surface area contributed by atoms with Crippen molar-refractivity contribution in [3.8, 4) is 0 Å². The first kappa shape index (κ1) is 19.4. The van der Waals surface area contributed by atoms with Gasteiger partial charge in [0.1, 0.15) is 30.2 Å². The molecule has 0 amide bonds. The van der Waals surface area contributed by atoms with Gasteiger partial charge in [0.15, 0.2) is 0 Å². The lowest BCUT2D eigenvalue weighted by molar-refractivity contribution is 0.281. The van der Waals surface area contributed by atoms with E-state index in [1.807, 2.05) is 0 Å². The van der Waals surface area contributed by atoms with Crippen LogP contribution in [-0.2, 0) is 18.0 Å². The number of benzene rings is 2. The van der Waals surface area contributed by atoms with Crippen LogP contribution in [0.3, 0.4) is 0 Å². The summed E-state index contributed by atoms with van der Waals surface area (Å²) in [6.45, 7) is 1.40. The molecule has 0 aliphatic carbocycles. The molecule has 0 radical (unpaired) electrons. The molecular formula is C19H16BrF3N2O2. The van der Waals surface area contributed by atoms with Gasteiger partial charge in [-0.15, -0.1) is 0 Å². The molecular weight excluding hydrogens is 425 g/mol. The quantitative estimate of drug-likeness (QED) is 0.754. The van der Waals surface area contributed by atoms with Crippen molar-refractivity contribution in [3.63, 3.8) is 0 Å². The maximum absolute atomic E-state index is 14.2. The molecule has 1 aliphatic heterocycles. The van der Waals surface area contributed by atoms with Gasteiger partial charge in [-0.05, 0) is 52.7 Å². The van der Waals surface area contributed by atoms with E-state index in [1.165, 1.54) is 24.3 Å². The number of hydrogen-bond donors (Lipinski definition) is 1. The second-order valence-electron chi connectivity index (χ2n) is 5.92. The Morgan fingerprint density at radius 2 is 1.93 bits per heavy atom. The van der Waals surface area contributed by atoms with E-state index < -0.39 is 23.6 Å². The van der Waals surface area contributed by atoms with E-state index >= 15 is 0 Å². The highest BCUT2D eigenvalue weighted by Crippen LogP contribution is 2.29. The standard InChI is InChI=1S/C19H16BrF3N2O2/c1-11-24-19(27-10-13-3-4-14(21)7-17(13)23)15(20)8-25(11)18-6-12(9-26)2-5-16(18)22/h2-8,11,26H,9-10H2,1H3. The van der Waals surface area contributed by atoms with Crippen molar-refractivity contribution in [2.45, 2.75) is 26.3 Å². The first-order valence-electron chi connectivity index (χ1n) is 8.09. The van der Waals surface area contributed by atoms with Crippen LogP contribution >= 0.6 is 15.9 Å². The van der Waals surface area contributed by atoms with Crippen LogP contribution < -0.4 is 4.90 Å². The van der Waals surface area contributed by atoms with Crippen molar-refractivity contribution >= 4 is 27.5 Å². The van der Waals surface area contributed by atoms with Crippen molar-refractivity contribution in [3.05, 3.63) is 75.7 Å². The summed E-state index contributed by atoms with van der Waals surface area (Å²) in [7, 11) is 0. The number of aliphatic hydroxyl groups excluding tert-OH is 1. The Morgan fingerprint density at radius 1 is 1.15 bits per heavy atom. The zero-order valence-corrected chi connectivity index (χ0v) is 15.9. The minimum Gasteiger partial charge on any atom is -0.472 e. The molecule has 0 fully saturated rings. The molecule has 0 saturated carbocycles. The van der Waals surface area contributed by atoms with Crippen LogP contribution in [-0.4, -0.2) is 17.2 Å². The van der Waals surface area contributed by atoms with Crippen molar-refractivity contribution in [1.82, 2.24) is 0 Å². The molecule has 1 heterocycles. The van der Waals surface area contributed by atoms with Gasteiger partial charge in [-0.25, -0.2) is 18.2 Å². The summed E-state index contributed by atoms with van der Waals surface area (Å²) < 4.78 is 46.9. The summed E-state index contributed by atoms with van der Waals surface area (Å²) in [6, 6.07) is 7.56. The second kappa shape index (κ2) is 8.14. The molecule has 4 nitrogen and oxygen atoms in total. The fourth-order valence-electron chi connectivity index (χ4n) is 2.60. The van der Waals surface area contributed by atoms with Gasteiger partial charge in [0.05, 0.1) is 16.8 Å². The van der Waals surface area contributed by atoms with Crippen molar-refractivity contribution in [1.29, 1.82) is 0 Å². The number of aliphatic imine (C=N–C) groups is 1. The fourth-order valence-corrected chi connectivity index (χ4v) is 3.03. The zero-order chi connectivity index (χ0) is 19.6. The Kier molecular flexibility index (Phi) is 5.86. The Labute approximate surface area is 162 Å². The zero-order valence-electron chi connectivity index (χ0n) is 14.3. The Bertz CT molecular complexity index is 918. The van der Waals surface area contributed by atoms with E-state index in [0.29, 0.717) is 10.0 Å². The average molecular weight is 441 g/mol. The van der Waals surface area contributed by atoms with E-state index in [-0.39, 0.29) is 30.4 Å². The lowest BCUT2D eigenvalue weighted by Crippen LogP contribution is -2.33. The highest BCUT2D eigenvalue weighted by molar-refractivity contribution is 9.12. The van der Waals surface area contributed by atoms with E-state index in [9.17, 15) is 18.3 Å². The summed E-state index contributed by atoms with van der Waals surface area (Å²) in [5.41, 5.74) is 1.02. The molecule has 1 aliphatic rings. The molecule has 0 aromatic heterocycles. The maximum Gasteiger partial charge on any atom is 0.227 e. The highest BCUT2D eigenvalue weighted by Gasteiger charge is 2.24. The second-order valence-corrected chi connectivity index (χ2v) is 6.77. The van der Waals surface area contributed by atoms with E-state index in [0.717, 1.165) is 12.1 Å². The molecule has 142 valence electrons. The van der Waals surface area contributed by atoms with Gasteiger partial charge in [0.25, 0.3) is 0 Å². The summed E-state index contributed by atoms with van der Waals surface area (Å²) in [4.78, 5) is 5.95. The molecule has 8 heteroatoms. The molecule has 0 bridgehead atoms. The van der Waals surface area contributed by atoms with Gasteiger partial charge in [0.2, 0.25) is 5.90 Å². The van der Waals surface area contributed by atoms with Crippen LogP contribution in [0.1, 0.15) is 18.1 Å². The van der Waals surface area contributed by atoms with Gasteiger partial charge < -0.3 is 14.7 Å². The molecule has 0 spiro atoms. The normalized spacial score (nSPS) is 16.8. The number of anilines is 1. The third kappa shape index (κ3) is 4.33. The lowest BCUT2D eigenvalue weighted by atomic mass is 10.1. The number of halogens is 4. The molecule has 1 N–H and O–H groups in total. The number of hydrogen-bond acceptors (Lipinski definition) is 4. The van der Waals surface area contributed by atoms with Gasteiger partial charge in [-0.1, -0.05) is 6.07 Å². The monoisotopic (exact) mass is 440 g/mol. The van der Waals surface area contributed by atoms with Gasteiger partial charge >= 0.3 is 0 Å². The topological polar surface area (TPSA) is 45.1 Å². The Balaban J connectivity index is 1.78. The first-order chi connectivity index (χ1) is 12.9. The Morgan fingerprint density at radius 3 is 2.63 bits per heavy atom. The number of rotatable bonds is 4. The number of aliphatic hydroxyl groups is 1. The van der Waals surface area contributed by atoms with Crippen molar-refractivity contribution in [2.24, 2.45) is 4.99 Å². The van der Waals surface area contributed by atoms with Crippen molar-refractivity contribution < 1.29 is 23.0 Å². The summed E-state index contributed by atoms with van der Waals surface area (Å²) in [6.07, 6.45) is 1.11. The van der Waals surface area contributed by atoms with Gasteiger partial charge in [-0.3, -0.25) is 0 Å². The first-order valence-corrected chi connectivity index (χ1v) is 8.88. The predicted octanol–water partition coefficient (Wildman–Crippen LogP) is 4.61. The summed E-state index contributed by atoms with van der Waals surface area (Å²) >= 11 is 3.32. The molecule has 0 saturated heterocycles. The molecule has 1 atom stereocenters. The predicted molar refractivity (Wildman–Crippen MR) is 99.9 cm³/mol. The third-order valence-electron chi connectivity index (χ3n) is 4.01. The van der Waals surface area contributed by atoms with Gasteiger partial charge in [-0.2, -0.15) is 0 Å². The van der Waals surface area contributed by atoms with Crippen LogP contribution in [0, 0.1) is 17.5 Å².